The van der Waals surface area contributed by atoms with Crippen LogP contribution in [0, 0.1) is 0 Å². The summed E-state index contributed by atoms with van der Waals surface area (Å²) in [5.74, 6) is 0.864. The van der Waals surface area contributed by atoms with Crippen molar-refractivity contribution in [1.29, 1.82) is 0 Å². The van der Waals surface area contributed by atoms with Crippen LogP contribution in [-0.4, -0.2) is 15.1 Å². The van der Waals surface area contributed by atoms with Crippen molar-refractivity contribution < 1.29 is 4.52 Å². The molecule has 2 aromatic heterocycles. The first-order chi connectivity index (χ1) is 8.55. The molecule has 5 heteroatoms. The molecule has 0 aliphatic rings. The van der Waals surface area contributed by atoms with Gasteiger partial charge in [0.15, 0.2) is 0 Å². The molecule has 0 fully saturated rings. The Morgan fingerprint density at radius 2 is 1.89 bits per heavy atom. The van der Waals surface area contributed by atoms with Crippen LogP contribution in [0.2, 0.25) is 0 Å². The molecule has 2 aromatic rings. The zero-order valence-electron chi connectivity index (χ0n) is 11.0. The van der Waals surface area contributed by atoms with Gasteiger partial charge in [-0.2, -0.15) is 0 Å². The van der Waals surface area contributed by atoms with Crippen LogP contribution in [0.15, 0.2) is 29.2 Å². The van der Waals surface area contributed by atoms with Crippen LogP contribution >= 0.6 is 0 Å². The van der Waals surface area contributed by atoms with Crippen molar-refractivity contribution in [2.45, 2.75) is 39.3 Å². The van der Waals surface area contributed by atoms with E-state index >= 15 is 0 Å². The summed E-state index contributed by atoms with van der Waals surface area (Å²) < 4.78 is 4.76. The summed E-state index contributed by atoms with van der Waals surface area (Å²) in [6.45, 7) is 7.70. The standard InChI is InChI=1S/C13H18N4O/c1-13(2,3)12-15-7-10(8-16-12)6-14-9-11-4-5-18-17-11/h4-5,7-8,14H,6,9H2,1-3H3. The second-order valence-electron chi connectivity index (χ2n) is 5.26. The predicted octanol–water partition coefficient (Wildman–Crippen LogP) is 2.05. The van der Waals surface area contributed by atoms with Gasteiger partial charge in [0.25, 0.3) is 0 Å². The summed E-state index contributed by atoms with van der Waals surface area (Å²) in [5.41, 5.74) is 1.95. The second-order valence-corrected chi connectivity index (χ2v) is 5.26. The van der Waals surface area contributed by atoms with E-state index in [4.69, 9.17) is 4.52 Å². The Morgan fingerprint density at radius 3 is 2.44 bits per heavy atom. The number of hydrogen-bond donors (Lipinski definition) is 1. The highest BCUT2D eigenvalue weighted by atomic mass is 16.5. The molecule has 0 saturated carbocycles. The molecule has 0 aromatic carbocycles. The monoisotopic (exact) mass is 246 g/mol. The quantitative estimate of drug-likeness (QED) is 0.894. The van der Waals surface area contributed by atoms with Crippen molar-refractivity contribution in [3.05, 3.63) is 41.8 Å². The molecule has 0 saturated heterocycles. The molecule has 0 atom stereocenters. The minimum Gasteiger partial charge on any atom is -0.364 e. The molecule has 0 bridgehead atoms. The number of rotatable bonds is 4. The van der Waals surface area contributed by atoms with Gasteiger partial charge in [-0.05, 0) is 0 Å². The Hall–Kier alpha value is -1.75. The Labute approximate surface area is 107 Å². The summed E-state index contributed by atoms with van der Waals surface area (Å²) >= 11 is 0. The number of nitrogens with one attached hydrogen (secondary N) is 1. The molecular weight excluding hydrogens is 228 g/mol. The van der Waals surface area contributed by atoms with Crippen LogP contribution in [0.1, 0.15) is 37.9 Å². The Balaban J connectivity index is 1.87. The normalized spacial score (nSPS) is 11.7. The van der Waals surface area contributed by atoms with Gasteiger partial charge in [-0.3, -0.25) is 0 Å². The van der Waals surface area contributed by atoms with E-state index in [2.05, 4.69) is 41.2 Å². The highest BCUT2D eigenvalue weighted by Gasteiger charge is 2.16. The zero-order chi connectivity index (χ0) is 13.0. The van der Waals surface area contributed by atoms with Gasteiger partial charge < -0.3 is 9.84 Å². The van der Waals surface area contributed by atoms with Gasteiger partial charge in [0, 0.05) is 42.5 Å². The largest absolute Gasteiger partial charge is 0.364 e. The molecule has 0 unspecified atom stereocenters. The molecule has 5 nitrogen and oxygen atoms in total. The molecule has 0 amide bonds. The molecule has 96 valence electrons. The fraction of sp³-hybridized carbons (Fsp3) is 0.462. The topological polar surface area (TPSA) is 63.8 Å². The summed E-state index contributed by atoms with van der Waals surface area (Å²) in [6.07, 6.45) is 5.30. The van der Waals surface area contributed by atoms with Crippen LogP contribution in [-0.2, 0) is 18.5 Å². The zero-order valence-corrected chi connectivity index (χ0v) is 11.0. The van der Waals surface area contributed by atoms with Gasteiger partial charge in [-0.15, -0.1) is 0 Å². The summed E-state index contributed by atoms with van der Waals surface area (Å²) in [7, 11) is 0. The Bertz CT molecular complexity index is 471. The number of aromatic nitrogens is 3. The maximum absolute atomic E-state index is 4.76. The highest BCUT2D eigenvalue weighted by molar-refractivity contribution is 5.09. The highest BCUT2D eigenvalue weighted by Crippen LogP contribution is 2.16. The van der Waals surface area contributed by atoms with E-state index in [0.717, 1.165) is 23.6 Å². The Morgan fingerprint density at radius 1 is 1.17 bits per heavy atom. The lowest BCUT2D eigenvalue weighted by Crippen LogP contribution is -2.17. The molecule has 0 radical (unpaired) electrons. The van der Waals surface area contributed by atoms with E-state index in [1.165, 1.54) is 0 Å². The summed E-state index contributed by atoms with van der Waals surface area (Å²) in [5, 5.41) is 7.08. The lowest BCUT2D eigenvalue weighted by atomic mass is 9.96. The maximum Gasteiger partial charge on any atom is 0.133 e. The van der Waals surface area contributed by atoms with Crippen molar-refractivity contribution in [2.75, 3.05) is 0 Å². The number of hydrogen-bond acceptors (Lipinski definition) is 5. The average molecular weight is 246 g/mol. The number of nitrogens with zero attached hydrogens (tertiary/aromatic N) is 3. The third-order valence-electron chi connectivity index (χ3n) is 2.50. The van der Waals surface area contributed by atoms with Crippen LogP contribution in [0.4, 0.5) is 0 Å². The average Bonchev–Trinajstić information content (AvgIpc) is 2.82. The predicted molar refractivity (Wildman–Crippen MR) is 67.8 cm³/mol. The van der Waals surface area contributed by atoms with Gasteiger partial charge in [0.05, 0.1) is 5.69 Å². The third kappa shape index (κ3) is 3.37. The van der Waals surface area contributed by atoms with E-state index in [1.54, 1.807) is 6.26 Å². The van der Waals surface area contributed by atoms with Crippen molar-refractivity contribution in [2.24, 2.45) is 0 Å². The maximum atomic E-state index is 4.76. The van der Waals surface area contributed by atoms with Crippen LogP contribution in [0.25, 0.3) is 0 Å². The van der Waals surface area contributed by atoms with Crippen molar-refractivity contribution >= 4 is 0 Å². The van der Waals surface area contributed by atoms with Gasteiger partial charge in [0.2, 0.25) is 0 Å². The van der Waals surface area contributed by atoms with Crippen molar-refractivity contribution in [3.8, 4) is 0 Å². The van der Waals surface area contributed by atoms with Crippen molar-refractivity contribution in [3.63, 3.8) is 0 Å². The molecular formula is C13H18N4O. The molecule has 1 N–H and O–H groups in total. The molecule has 0 spiro atoms. The van der Waals surface area contributed by atoms with Crippen LogP contribution < -0.4 is 5.32 Å². The van der Waals surface area contributed by atoms with Gasteiger partial charge in [0.1, 0.15) is 12.1 Å². The van der Waals surface area contributed by atoms with Crippen LogP contribution in [0.3, 0.4) is 0 Å². The minimum atomic E-state index is -0.00727. The molecule has 0 aliphatic heterocycles. The van der Waals surface area contributed by atoms with Gasteiger partial charge in [-0.25, -0.2) is 9.97 Å². The van der Waals surface area contributed by atoms with E-state index in [0.29, 0.717) is 6.54 Å². The van der Waals surface area contributed by atoms with E-state index in [9.17, 15) is 0 Å². The smallest absolute Gasteiger partial charge is 0.133 e. The Kier molecular flexibility index (Phi) is 3.72. The lowest BCUT2D eigenvalue weighted by Gasteiger charge is -2.16. The van der Waals surface area contributed by atoms with E-state index < -0.39 is 0 Å². The molecule has 2 rings (SSSR count). The molecule has 2 heterocycles. The first-order valence-electron chi connectivity index (χ1n) is 5.97. The fourth-order valence-corrected chi connectivity index (χ4v) is 1.50. The second kappa shape index (κ2) is 5.27. The van der Waals surface area contributed by atoms with Gasteiger partial charge in [-0.1, -0.05) is 25.9 Å². The SMILES string of the molecule is CC(C)(C)c1ncc(CNCc2ccon2)cn1. The summed E-state index contributed by atoms with van der Waals surface area (Å²) in [6, 6.07) is 1.84. The minimum absolute atomic E-state index is 0.00727. The molecule has 0 aliphatic carbocycles. The lowest BCUT2D eigenvalue weighted by molar-refractivity contribution is 0.408. The third-order valence-corrected chi connectivity index (χ3v) is 2.50. The van der Waals surface area contributed by atoms with Crippen LogP contribution in [0.5, 0.6) is 0 Å². The van der Waals surface area contributed by atoms with E-state index in [1.807, 2.05) is 18.5 Å². The van der Waals surface area contributed by atoms with E-state index in [-0.39, 0.29) is 5.41 Å². The first-order valence-corrected chi connectivity index (χ1v) is 5.97. The fourth-order valence-electron chi connectivity index (χ4n) is 1.50. The van der Waals surface area contributed by atoms with Gasteiger partial charge >= 0.3 is 0 Å². The summed E-state index contributed by atoms with van der Waals surface area (Å²) in [4.78, 5) is 8.76. The molecule has 18 heavy (non-hydrogen) atoms. The first kappa shape index (κ1) is 12.7. The van der Waals surface area contributed by atoms with Crippen molar-refractivity contribution in [1.82, 2.24) is 20.4 Å².